The van der Waals surface area contributed by atoms with Crippen molar-refractivity contribution in [2.75, 3.05) is 18.1 Å². The Morgan fingerprint density at radius 2 is 2.17 bits per heavy atom. The average molecular weight is 241 g/mol. The molecule has 1 aromatic heterocycles. The van der Waals surface area contributed by atoms with E-state index < -0.39 is 0 Å². The normalized spacial score (nSPS) is 10.1. The van der Waals surface area contributed by atoms with Crippen molar-refractivity contribution >= 4 is 11.6 Å². The van der Waals surface area contributed by atoms with Gasteiger partial charge < -0.3 is 11.1 Å². The maximum Gasteiger partial charge on any atom is 0.168 e. The van der Waals surface area contributed by atoms with Crippen LogP contribution in [0.5, 0.6) is 0 Å². The van der Waals surface area contributed by atoms with Gasteiger partial charge in [0.1, 0.15) is 17.5 Å². The summed E-state index contributed by atoms with van der Waals surface area (Å²) in [7, 11) is 1.72. The Labute approximate surface area is 106 Å². The van der Waals surface area contributed by atoms with Crippen LogP contribution >= 0.6 is 0 Å². The van der Waals surface area contributed by atoms with Gasteiger partial charge in [-0.15, -0.1) is 0 Å². The van der Waals surface area contributed by atoms with Gasteiger partial charge in [0.15, 0.2) is 5.82 Å². The van der Waals surface area contributed by atoms with Crippen LogP contribution in [0.3, 0.4) is 0 Å². The Bertz CT molecular complexity index is 606. The predicted octanol–water partition coefficient (Wildman–Crippen LogP) is 1.74. The summed E-state index contributed by atoms with van der Waals surface area (Å²) in [5.41, 5.74) is 8.64. The number of hydrogen-bond acceptors (Lipinski definition) is 4. The second-order valence-electron chi connectivity index (χ2n) is 4.05. The minimum atomic E-state index is 0.394. The van der Waals surface area contributed by atoms with E-state index >= 15 is 0 Å². The molecule has 0 radical (unpaired) electrons. The molecule has 0 aliphatic carbocycles. The van der Waals surface area contributed by atoms with E-state index in [2.05, 4.69) is 16.5 Å². The molecule has 0 spiro atoms. The number of nitriles is 1. The summed E-state index contributed by atoms with van der Waals surface area (Å²) >= 11 is 0. The number of rotatable bonds is 3. The smallest absolute Gasteiger partial charge is 0.168 e. The predicted molar refractivity (Wildman–Crippen MR) is 71.2 cm³/mol. The molecule has 3 N–H and O–H groups in total. The highest BCUT2D eigenvalue weighted by Crippen LogP contribution is 2.21. The molecule has 0 fully saturated rings. The van der Waals surface area contributed by atoms with E-state index in [1.807, 2.05) is 31.2 Å². The van der Waals surface area contributed by atoms with Gasteiger partial charge in [0.2, 0.25) is 0 Å². The summed E-state index contributed by atoms with van der Waals surface area (Å²) in [4.78, 5) is 0. The summed E-state index contributed by atoms with van der Waals surface area (Å²) in [5, 5.41) is 16.2. The Balaban J connectivity index is 2.39. The lowest BCUT2D eigenvalue weighted by Gasteiger charge is -2.06. The summed E-state index contributed by atoms with van der Waals surface area (Å²) < 4.78 is 1.65. The van der Waals surface area contributed by atoms with E-state index in [9.17, 15) is 0 Å². The van der Waals surface area contributed by atoms with Gasteiger partial charge in [-0.1, -0.05) is 24.3 Å². The molecule has 0 atom stereocenters. The van der Waals surface area contributed by atoms with E-state index in [4.69, 9.17) is 11.0 Å². The third-order valence-electron chi connectivity index (χ3n) is 2.92. The minimum absolute atomic E-state index is 0.394. The van der Waals surface area contributed by atoms with Gasteiger partial charge in [-0.05, 0) is 18.1 Å². The molecule has 1 aromatic carbocycles. The van der Waals surface area contributed by atoms with E-state index in [-0.39, 0.29) is 0 Å². The first-order valence-electron chi connectivity index (χ1n) is 5.66. The molecule has 0 saturated heterocycles. The van der Waals surface area contributed by atoms with Crippen LogP contribution < -0.4 is 11.1 Å². The molecular formula is C13H15N5. The van der Waals surface area contributed by atoms with E-state index in [1.165, 1.54) is 5.56 Å². The highest BCUT2D eigenvalue weighted by Gasteiger charge is 2.14. The minimum Gasteiger partial charge on any atom is -0.383 e. The van der Waals surface area contributed by atoms with Crippen LogP contribution in [0.1, 0.15) is 16.7 Å². The van der Waals surface area contributed by atoms with Crippen LogP contribution in [0.15, 0.2) is 24.3 Å². The first-order chi connectivity index (χ1) is 8.67. The highest BCUT2D eigenvalue weighted by molar-refractivity contribution is 5.63. The number of nitrogens with zero attached hydrogens (tertiary/aromatic N) is 3. The number of nitrogens with one attached hydrogen (secondary N) is 1. The zero-order chi connectivity index (χ0) is 13.1. The first-order valence-corrected chi connectivity index (χ1v) is 5.66. The number of benzene rings is 1. The van der Waals surface area contributed by atoms with Crippen molar-refractivity contribution in [3.8, 4) is 6.07 Å². The molecule has 92 valence electrons. The number of aryl methyl sites for hydroxylation is 1. The third-order valence-corrected chi connectivity index (χ3v) is 2.92. The van der Waals surface area contributed by atoms with Gasteiger partial charge in [0.25, 0.3) is 0 Å². The molecule has 18 heavy (non-hydrogen) atoms. The first kappa shape index (κ1) is 12.0. The number of aromatic nitrogens is 2. The topological polar surface area (TPSA) is 79.7 Å². The van der Waals surface area contributed by atoms with E-state index in [1.54, 1.807) is 11.7 Å². The molecular weight excluding hydrogens is 226 g/mol. The molecule has 0 unspecified atom stereocenters. The zero-order valence-corrected chi connectivity index (χ0v) is 10.4. The van der Waals surface area contributed by atoms with Crippen LogP contribution in [-0.2, 0) is 6.54 Å². The Hall–Kier alpha value is -2.48. The van der Waals surface area contributed by atoms with Crippen molar-refractivity contribution < 1.29 is 0 Å². The lowest BCUT2D eigenvalue weighted by molar-refractivity contribution is 0.696. The van der Waals surface area contributed by atoms with Crippen molar-refractivity contribution in [3.05, 3.63) is 41.0 Å². The maximum atomic E-state index is 9.04. The van der Waals surface area contributed by atoms with Crippen LogP contribution in [0.25, 0.3) is 0 Å². The van der Waals surface area contributed by atoms with E-state index in [0.717, 1.165) is 5.56 Å². The van der Waals surface area contributed by atoms with Gasteiger partial charge in [0, 0.05) is 7.05 Å². The Morgan fingerprint density at radius 3 is 2.72 bits per heavy atom. The summed E-state index contributed by atoms with van der Waals surface area (Å²) in [6.45, 7) is 2.61. The van der Waals surface area contributed by atoms with Crippen molar-refractivity contribution in [1.29, 1.82) is 5.26 Å². The fourth-order valence-electron chi connectivity index (χ4n) is 1.83. The van der Waals surface area contributed by atoms with Gasteiger partial charge in [0.05, 0.1) is 6.54 Å². The Kier molecular flexibility index (Phi) is 3.20. The third kappa shape index (κ3) is 2.00. The molecule has 0 saturated carbocycles. The molecule has 0 aliphatic heterocycles. The largest absolute Gasteiger partial charge is 0.383 e. The van der Waals surface area contributed by atoms with Crippen molar-refractivity contribution in [3.63, 3.8) is 0 Å². The average Bonchev–Trinajstić information content (AvgIpc) is 2.68. The van der Waals surface area contributed by atoms with Gasteiger partial charge >= 0.3 is 0 Å². The fourth-order valence-corrected chi connectivity index (χ4v) is 1.83. The molecule has 0 aliphatic rings. The zero-order valence-electron chi connectivity index (χ0n) is 10.4. The second kappa shape index (κ2) is 4.80. The van der Waals surface area contributed by atoms with Crippen molar-refractivity contribution in [2.24, 2.45) is 0 Å². The summed E-state index contributed by atoms with van der Waals surface area (Å²) in [6, 6.07) is 10.1. The van der Waals surface area contributed by atoms with Crippen LogP contribution in [0.2, 0.25) is 0 Å². The van der Waals surface area contributed by atoms with Gasteiger partial charge in [-0.2, -0.15) is 10.4 Å². The quantitative estimate of drug-likeness (QED) is 0.857. The fraction of sp³-hybridized carbons (Fsp3) is 0.231. The van der Waals surface area contributed by atoms with Crippen molar-refractivity contribution in [1.82, 2.24) is 9.78 Å². The van der Waals surface area contributed by atoms with Gasteiger partial charge in [-0.25, -0.2) is 4.68 Å². The SMILES string of the molecule is CNc1nn(Cc2ccccc2C)c(N)c1C#N. The molecule has 2 aromatic rings. The number of nitrogen functional groups attached to an aromatic ring is 1. The lowest BCUT2D eigenvalue weighted by Crippen LogP contribution is -2.07. The molecule has 0 amide bonds. The Morgan fingerprint density at radius 1 is 1.44 bits per heavy atom. The standard InChI is InChI=1S/C13H15N5/c1-9-5-3-4-6-10(9)8-18-12(15)11(7-14)13(16-2)17-18/h3-6H,8,15H2,1-2H3,(H,16,17). The van der Waals surface area contributed by atoms with Crippen LogP contribution in [0.4, 0.5) is 11.6 Å². The lowest BCUT2D eigenvalue weighted by atomic mass is 10.1. The van der Waals surface area contributed by atoms with Crippen LogP contribution in [-0.4, -0.2) is 16.8 Å². The molecule has 2 rings (SSSR count). The van der Waals surface area contributed by atoms with E-state index in [0.29, 0.717) is 23.7 Å². The molecule has 1 heterocycles. The molecule has 0 bridgehead atoms. The van der Waals surface area contributed by atoms with Crippen LogP contribution in [0, 0.1) is 18.3 Å². The molecule has 5 heteroatoms. The summed E-state index contributed by atoms with van der Waals surface area (Å²) in [6.07, 6.45) is 0. The maximum absolute atomic E-state index is 9.04. The van der Waals surface area contributed by atoms with Gasteiger partial charge in [-0.3, -0.25) is 0 Å². The number of anilines is 2. The summed E-state index contributed by atoms with van der Waals surface area (Å²) in [5.74, 6) is 0.911. The van der Waals surface area contributed by atoms with Crippen molar-refractivity contribution in [2.45, 2.75) is 13.5 Å². The number of nitrogens with two attached hydrogens (primary N) is 1. The highest BCUT2D eigenvalue weighted by atomic mass is 15.3. The number of hydrogen-bond donors (Lipinski definition) is 2. The second-order valence-corrected chi connectivity index (χ2v) is 4.05. The molecule has 5 nitrogen and oxygen atoms in total. The monoisotopic (exact) mass is 241 g/mol.